The molecule has 0 aromatic carbocycles. The average Bonchev–Trinajstić information content (AvgIpc) is 2.25. The molecule has 0 aromatic rings. The van der Waals surface area contributed by atoms with Crippen molar-refractivity contribution in [1.29, 1.82) is 0 Å². The van der Waals surface area contributed by atoms with Gasteiger partial charge in [0.15, 0.2) is 0 Å². The van der Waals surface area contributed by atoms with Crippen molar-refractivity contribution in [3.8, 4) is 0 Å². The number of hydrogen-bond donors (Lipinski definition) is 1. The van der Waals surface area contributed by atoms with Crippen LogP contribution in [0.1, 0.15) is 34.1 Å². The van der Waals surface area contributed by atoms with Crippen molar-refractivity contribution in [2.24, 2.45) is 5.92 Å². The molecule has 1 rings (SSSR count). The Morgan fingerprint density at radius 1 is 1.38 bits per heavy atom. The number of rotatable bonds is 6. The summed E-state index contributed by atoms with van der Waals surface area (Å²) < 4.78 is 0. The molecule has 1 aliphatic rings. The van der Waals surface area contributed by atoms with Crippen molar-refractivity contribution in [3.05, 3.63) is 0 Å². The van der Waals surface area contributed by atoms with Crippen molar-refractivity contribution in [3.63, 3.8) is 0 Å². The zero-order chi connectivity index (χ0) is 12.0. The Bertz CT molecular complexity index is 185. The van der Waals surface area contributed by atoms with Crippen molar-refractivity contribution < 1.29 is 0 Å². The minimum atomic E-state index is 0.711. The molecule has 0 amide bonds. The minimum Gasteiger partial charge on any atom is -0.311 e. The number of piperazine rings is 1. The third-order valence-corrected chi connectivity index (χ3v) is 4.36. The Balaban J connectivity index is 2.31. The summed E-state index contributed by atoms with van der Waals surface area (Å²) in [5.41, 5.74) is 0. The van der Waals surface area contributed by atoms with Crippen molar-refractivity contribution in [1.82, 2.24) is 10.2 Å². The van der Waals surface area contributed by atoms with Gasteiger partial charge in [-0.3, -0.25) is 4.90 Å². The van der Waals surface area contributed by atoms with Gasteiger partial charge in [-0.05, 0) is 25.0 Å². The predicted molar refractivity (Wildman–Crippen MR) is 75.3 cm³/mol. The van der Waals surface area contributed by atoms with Gasteiger partial charge >= 0.3 is 0 Å². The zero-order valence-electron chi connectivity index (χ0n) is 11.3. The van der Waals surface area contributed by atoms with Crippen LogP contribution in [0.25, 0.3) is 0 Å². The summed E-state index contributed by atoms with van der Waals surface area (Å²) in [7, 11) is 0. The molecule has 0 aromatic heterocycles. The van der Waals surface area contributed by atoms with E-state index in [1.165, 1.54) is 37.6 Å². The van der Waals surface area contributed by atoms with Gasteiger partial charge in [0.1, 0.15) is 0 Å². The number of nitrogens with one attached hydrogen (secondary N) is 1. The third kappa shape index (κ3) is 5.07. The molecular formula is C13H28N2S. The van der Waals surface area contributed by atoms with Crippen molar-refractivity contribution in [2.45, 2.75) is 46.2 Å². The van der Waals surface area contributed by atoms with Crippen LogP contribution in [0, 0.1) is 5.92 Å². The summed E-state index contributed by atoms with van der Waals surface area (Å²) in [5, 5.41) is 3.64. The summed E-state index contributed by atoms with van der Waals surface area (Å²) in [6.45, 7) is 12.9. The Morgan fingerprint density at radius 3 is 2.75 bits per heavy atom. The van der Waals surface area contributed by atoms with Gasteiger partial charge < -0.3 is 5.32 Å². The fraction of sp³-hybridized carbons (Fsp3) is 1.00. The molecule has 1 fully saturated rings. The smallest absolute Gasteiger partial charge is 0.0198 e. The molecule has 0 spiro atoms. The van der Waals surface area contributed by atoms with Gasteiger partial charge in [0.05, 0.1) is 0 Å². The Labute approximate surface area is 106 Å². The first kappa shape index (κ1) is 14.3. The number of nitrogens with zero attached hydrogens (tertiary/aromatic N) is 1. The first-order valence-corrected chi connectivity index (χ1v) is 7.84. The highest BCUT2D eigenvalue weighted by Crippen LogP contribution is 2.14. The fourth-order valence-electron chi connectivity index (χ4n) is 2.37. The highest BCUT2D eigenvalue weighted by atomic mass is 32.2. The van der Waals surface area contributed by atoms with Gasteiger partial charge in [-0.25, -0.2) is 0 Å². The van der Waals surface area contributed by atoms with Crippen LogP contribution in [-0.2, 0) is 0 Å². The maximum atomic E-state index is 3.64. The summed E-state index contributed by atoms with van der Waals surface area (Å²) >= 11 is 2.06. The lowest BCUT2D eigenvalue weighted by Crippen LogP contribution is -2.54. The molecule has 2 unspecified atom stereocenters. The average molecular weight is 244 g/mol. The Kier molecular flexibility index (Phi) is 6.78. The SMILES string of the molecule is CCSCC(C)N1CCNC(CC(C)C)C1. The molecule has 3 heteroatoms. The fourth-order valence-corrected chi connectivity index (χ4v) is 3.16. The first-order chi connectivity index (χ1) is 7.63. The lowest BCUT2D eigenvalue weighted by Gasteiger charge is -2.38. The van der Waals surface area contributed by atoms with Gasteiger partial charge in [0, 0.05) is 37.5 Å². The third-order valence-electron chi connectivity index (χ3n) is 3.23. The molecule has 96 valence electrons. The lowest BCUT2D eigenvalue weighted by atomic mass is 10.0. The molecule has 2 nitrogen and oxygen atoms in total. The van der Waals surface area contributed by atoms with E-state index in [1.807, 2.05) is 0 Å². The summed E-state index contributed by atoms with van der Waals surface area (Å²) in [6.07, 6.45) is 1.31. The second-order valence-electron chi connectivity index (χ2n) is 5.28. The molecule has 16 heavy (non-hydrogen) atoms. The van der Waals surface area contributed by atoms with Crippen LogP contribution in [-0.4, -0.2) is 48.1 Å². The first-order valence-electron chi connectivity index (χ1n) is 6.68. The molecule has 1 saturated heterocycles. The summed E-state index contributed by atoms with van der Waals surface area (Å²) in [4.78, 5) is 2.66. The molecule has 1 aliphatic heterocycles. The molecular weight excluding hydrogens is 216 g/mol. The molecule has 0 bridgehead atoms. The Morgan fingerprint density at radius 2 is 2.12 bits per heavy atom. The lowest BCUT2D eigenvalue weighted by molar-refractivity contribution is 0.154. The highest BCUT2D eigenvalue weighted by molar-refractivity contribution is 7.99. The van der Waals surface area contributed by atoms with Gasteiger partial charge in [0.25, 0.3) is 0 Å². The quantitative estimate of drug-likeness (QED) is 0.772. The van der Waals surface area contributed by atoms with Crippen LogP contribution >= 0.6 is 11.8 Å². The van der Waals surface area contributed by atoms with Crippen LogP contribution < -0.4 is 5.32 Å². The van der Waals surface area contributed by atoms with Crippen LogP contribution in [0.4, 0.5) is 0 Å². The van der Waals surface area contributed by atoms with Crippen LogP contribution in [0.2, 0.25) is 0 Å². The van der Waals surface area contributed by atoms with Gasteiger partial charge in [0.2, 0.25) is 0 Å². The predicted octanol–water partition coefficient (Wildman–Crippen LogP) is 2.45. The van der Waals surface area contributed by atoms with Crippen molar-refractivity contribution in [2.75, 3.05) is 31.1 Å². The summed E-state index contributed by atoms with van der Waals surface area (Å²) in [6, 6.07) is 1.45. The topological polar surface area (TPSA) is 15.3 Å². The number of hydrogen-bond acceptors (Lipinski definition) is 3. The van der Waals surface area contributed by atoms with E-state index in [0.29, 0.717) is 6.04 Å². The van der Waals surface area contributed by atoms with Gasteiger partial charge in [-0.15, -0.1) is 0 Å². The molecule has 2 atom stereocenters. The zero-order valence-corrected chi connectivity index (χ0v) is 12.1. The van der Waals surface area contributed by atoms with E-state index in [2.05, 4.69) is 49.7 Å². The van der Waals surface area contributed by atoms with E-state index >= 15 is 0 Å². The van der Waals surface area contributed by atoms with E-state index in [9.17, 15) is 0 Å². The minimum absolute atomic E-state index is 0.711. The molecule has 0 aliphatic carbocycles. The van der Waals surface area contributed by atoms with E-state index in [4.69, 9.17) is 0 Å². The maximum Gasteiger partial charge on any atom is 0.0198 e. The van der Waals surface area contributed by atoms with Crippen LogP contribution in [0.15, 0.2) is 0 Å². The standard InChI is InChI=1S/C13H28N2S/c1-5-16-10-12(4)15-7-6-14-13(9-15)8-11(2)3/h11-14H,5-10H2,1-4H3. The monoisotopic (exact) mass is 244 g/mol. The number of thioether (sulfide) groups is 1. The Hall–Kier alpha value is 0.270. The second-order valence-corrected chi connectivity index (χ2v) is 6.60. The van der Waals surface area contributed by atoms with Gasteiger partial charge in [-0.2, -0.15) is 11.8 Å². The largest absolute Gasteiger partial charge is 0.311 e. The highest BCUT2D eigenvalue weighted by Gasteiger charge is 2.23. The van der Waals surface area contributed by atoms with Gasteiger partial charge in [-0.1, -0.05) is 20.8 Å². The molecule has 0 saturated carbocycles. The van der Waals surface area contributed by atoms with Crippen LogP contribution in [0.5, 0.6) is 0 Å². The normalized spacial score (nSPS) is 24.9. The maximum absolute atomic E-state index is 3.64. The van der Waals surface area contributed by atoms with Crippen LogP contribution in [0.3, 0.4) is 0 Å². The second kappa shape index (κ2) is 7.57. The van der Waals surface area contributed by atoms with E-state index in [1.54, 1.807) is 0 Å². The summed E-state index contributed by atoms with van der Waals surface area (Å²) in [5.74, 6) is 3.33. The van der Waals surface area contributed by atoms with E-state index < -0.39 is 0 Å². The molecule has 0 radical (unpaired) electrons. The van der Waals surface area contributed by atoms with E-state index in [-0.39, 0.29) is 0 Å². The molecule has 1 N–H and O–H groups in total. The molecule has 1 heterocycles. The van der Waals surface area contributed by atoms with Crippen molar-refractivity contribution >= 4 is 11.8 Å². The van der Waals surface area contributed by atoms with E-state index in [0.717, 1.165) is 12.0 Å².